The Morgan fingerprint density at radius 2 is 1.96 bits per heavy atom. The van der Waals surface area contributed by atoms with Gasteiger partial charge in [0.15, 0.2) is 0 Å². The van der Waals surface area contributed by atoms with E-state index in [2.05, 4.69) is 36.1 Å². The number of aromatic nitrogens is 2. The third-order valence-corrected chi connectivity index (χ3v) is 3.95. The molecule has 5 heteroatoms. The van der Waals surface area contributed by atoms with Gasteiger partial charge in [-0.3, -0.25) is 14.4 Å². The van der Waals surface area contributed by atoms with E-state index in [4.69, 9.17) is 0 Å². The van der Waals surface area contributed by atoms with Crippen molar-refractivity contribution >= 4 is 11.6 Å². The van der Waals surface area contributed by atoms with Crippen LogP contribution in [0.4, 0.5) is 5.69 Å². The van der Waals surface area contributed by atoms with Gasteiger partial charge in [-0.1, -0.05) is 19.1 Å². The molecule has 1 N–H and O–H groups in total. The molecule has 5 nitrogen and oxygen atoms in total. The van der Waals surface area contributed by atoms with E-state index in [1.165, 1.54) is 5.56 Å². The summed E-state index contributed by atoms with van der Waals surface area (Å²) in [7, 11) is 0. The van der Waals surface area contributed by atoms with E-state index in [0.29, 0.717) is 11.6 Å². The maximum Gasteiger partial charge on any atom is 0.255 e. The van der Waals surface area contributed by atoms with Crippen molar-refractivity contribution in [3.8, 4) is 0 Å². The van der Waals surface area contributed by atoms with E-state index in [1.807, 2.05) is 37.4 Å². The van der Waals surface area contributed by atoms with Crippen molar-refractivity contribution in [2.24, 2.45) is 0 Å². The lowest BCUT2D eigenvalue weighted by Crippen LogP contribution is -2.29. The quantitative estimate of drug-likeness (QED) is 0.852. The molecule has 1 amide bonds. The Labute approximate surface area is 138 Å². The molecule has 0 fully saturated rings. The van der Waals surface area contributed by atoms with Gasteiger partial charge in [0.1, 0.15) is 0 Å². The van der Waals surface area contributed by atoms with Crippen molar-refractivity contribution in [2.75, 3.05) is 11.9 Å². The van der Waals surface area contributed by atoms with E-state index < -0.39 is 0 Å². The number of amides is 1. The standard InChI is InChI=1S/C18H26N4O/c1-5-21(14(3)4)12-15-7-9-16(10-8-15)18(23)20-17-11-19-22(6-2)13-17/h7-11,13-14H,5-6,12H2,1-4H3,(H,20,23). The summed E-state index contributed by atoms with van der Waals surface area (Å²) >= 11 is 0. The van der Waals surface area contributed by atoms with Crippen LogP contribution in [-0.4, -0.2) is 33.2 Å². The fourth-order valence-electron chi connectivity index (χ4n) is 2.46. The molecule has 1 aromatic heterocycles. The summed E-state index contributed by atoms with van der Waals surface area (Å²) in [6, 6.07) is 8.31. The topological polar surface area (TPSA) is 50.2 Å². The first-order chi connectivity index (χ1) is 11.0. The van der Waals surface area contributed by atoms with E-state index in [0.717, 1.165) is 25.3 Å². The van der Waals surface area contributed by atoms with Crippen LogP contribution in [0.25, 0.3) is 0 Å². The maximum atomic E-state index is 12.3. The Bertz CT molecular complexity index is 631. The number of anilines is 1. The Morgan fingerprint density at radius 3 is 2.48 bits per heavy atom. The van der Waals surface area contributed by atoms with Gasteiger partial charge in [0.05, 0.1) is 11.9 Å². The summed E-state index contributed by atoms with van der Waals surface area (Å²) in [6.07, 6.45) is 3.49. The molecular formula is C18H26N4O. The highest BCUT2D eigenvalue weighted by Crippen LogP contribution is 2.12. The first-order valence-corrected chi connectivity index (χ1v) is 8.20. The molecule has 1 aromatic carbocycles. The van der Waals surface area contributed by atoms with E-state index in [-0.39, 0.29) is 5.91 Å². The summed E-state index contributed by atoms with van der Waals surface area (Å²) in [5, 5.41) is 7.02. The summed E-state index contributed by atoms with van der Waals surface area (Å²) in [4.78, 5) is 14.6. The van der Waals surface area contributed by atoms with Gasteiger partial charge in [-0.25, -0.2) is 0 Å². The molecule has 1 heterocycles. The van der Waals surface area contributed by atoms with Crippen LogP contribution in [0.15, 0.2) is 36.7 Å². The van der Waals surface area contributed by atoms with Crippen molar-refractivity contribution in [2.45, 2.75) is 46.8 Å². The number of carbonyl (C=O) groups is 1. The van der Waals surface area contributed by atoms with Crippen molar-refractivity contribution in [1.82, 2.24) is 14.7 Å². The van der Waals surface area contributed by atoms with Crippen LogP contribution in [0.2, 0.25) is 0 Å². The lowest BCUT2D eigenvalue weighted by atomic mass is 10.1. The monoisotopic (exact) mass is 314 g/mol. The SMILES string of the molecule is CCN(Cc1ccc(C(=O)Nc2cnn(CC)c2)cc1)C(C)C. The van der Waals surface area contributed by atoms with Gasteiger partial charge in [0.2, 0.25) is 0 Å². The van der Waals surface area contributed by atoms with Crippen LogP contribution in [0.3, 0.4) is 0 Å². The third kappa shape index (κ3) is 4.66. The average molecular weight is 314 g/mol. The number of nitrogens with one attached hydrogen (secondary N) is 1. The molecule has 0 bridgehead atoms. The number of hydrogen-bond donors (Lipinski definition) is 1. The highest BCUT2D eigenvalue weighted by atomic mass is 16.1. The Morgan fingerprint density at radius 1 is 1.26 bits per heavy atom. The first kappa shape index (κ1) is 17.2. The minimum absolute atomic E-state index is 0.108. The van der Waals surface area contributed by atoms with Gasteiger partial charge >= 0.3 is 0 Å². The third-order valence-electron chi connectivity index (χ3n) is 3.95. The van der Waals surface area contributed by atoms with E-state index in [1.54, 1.807) is 10.9 Å². The predicted octanol–water partition coefficient (Wildman–Crippen LogP) is 3.39. The maximum absolute atomic E-state index is 12.3. The number of rotatable bonds is 7. The second kappa shape index (κ2) is 7.92. The van der Waals surface area contributed by atoms with Crippen LogP contribution in [0.5, 0.6) is 0 Å². The molecular weight excluding hydrogens is 288 g/mol. The molecule has 0 radical (unpaired) electrons. The van der Waals surface area contributed by atoms with Crippen LogP contribution in [-0.2, 0) is 13.1 Å². The molecule has 0 saturated carbocycles. The molecule has 0 unspecified atom stereocenters. The zero-order valence-electron chi connectivity index (χ0n) is 14.4. The largest absolute Gasteiger partial charge is 0.319 e. The molecule has 0 aliphatic heterocycles. The van der Waals surface area contributed by atoms with Crippen LogP contribution in [0, 0.1) is 0 Å². The normalized spacial score (nSPS) is 11.2. The smallest absolute Gasteiger partial charge is 0.255 e. The van der Waals surface area contributed by atoms with Crippen molar-refractivity contribution in [1.29, 1.82) is 0 Å². The number of benzene rings is 1. The van der Waals surface area contributed by atoms with Crippen LogP contribution in [0.1, 0.15) is 43.6 Å². The van der Waals surface area contributed by atoms with Gasteiger partial charge in [0, 0.05) is 30.9 Å². The highest BCUT2D eigenvalue weighted by Gasteiger charge is 2.10. The Kier molecular flexibility index (Phi) is 5.93. The zero-order chi connectivity index (χ0) is 16.8. The Hall–Kier alpha value is -2.14. The van der Waals surface area contributed by atoms with Gasteiger partial charge in [0.25, 0.3) is 5.91 Å². The fraction of sp³-hybridized carbons (Fsp3) is 0.444. The lowest BCUT2D eigenvalue weighted by molar-refractivity contribution is 0.102. The average Bonchev–Trinajstić information content (AvgIpc) is 3.00. The second-order valence-corrected chi connectivity index (χ2v) is 5.89. The van der Waals surface area contributed by atoms with Gasteiger partial charge in [-0.15, -0.1) is 0 Å². The summed E-state index contributed by atoms with van der Waals surface area (Å²) < 4.78 is 1.78. The van der Waals surface area contributed by atoms with Gasteiger partial charge in [-0.2, -0.15) is 5.10 Å². The molecule has 0 saturated heterocycles. The molecule has 2 aromatic rings. The highest BCUT2D eigenvalue weighted by molar-refractivity contribution is 6.04. The summed E-state index contributed by atoms with van der Waals surface area (Å²) in [5.74, 6) is -0.108. The predicted molar refractivity (Wildman–Crippen MR) is 93.5 cm³/mol. The van der Waals surface area contributed by atoms with Crippen LogP contribution < -0.4 is 5.32 Å². The Balaban J connectivity index is 1.99. The molecule has 0 aliphatic rings. The second-order valence-electron chi connectivity index (χ2n) is 5.89. The minimum Gasteiger partial charge on any atom is -0.319 e. The van der Waals surface area contributed by atoms with Crippen molar-refractivity contribution in [3.63, 3.8) is 0 Å². The number of hydrogen-bond acceptors (Lipinski definition) is 3. The van der Waals surface area contributed by atoms with Crippen molar-refractivity contribution < 1.29 is 4.79 Å². The van der Waals surface area contributed by atoms with Gasteiger partial charge < -0.3 is 5.32 Å². The van der Waals surface area contributed by atoms with Gasteiger partial charge in [-0.05, 0) is 45.0 Å². The number of nitrogens with zero attached hydrogens (tertiary/aromatic N) is 3. The first-order valence-electron chi connectivity index (χ1n) is 8.20. The van der Waals surface area contributed by atoms with Crippen molar-refractivity contribution in [3.05, 3.63) is 47.8 Å². The fourth-order valence-corrected chi connectivity index (χ4v) is 2.46. The van der Waals surface area contributed by atoms with E-state index in [9.17, 15) is 4.79 Å². The zero-order valence-corrected chi connectivity index (χ0v) is 14.4. The van der Waals surface area contributed by atoms with E-state index >= 15 is 0 Å². The lowest BCUT2D eigenvalue weighted by Gasteiger charge is -2.24. The van der Waals surface area contributed by atoms with Crippen LogP contribution >= 0.6 is 0 Å². The molecule has 0 spiro atoms. The summed E-state index contributed by atoms with van der Waals surface area (Å²) in [6.45, 7) is 11.3. The molecule has 0 aliphatic carbocycles. The molecule has 23 heavy (non-hydrogen) atoms. The minimum atomic E-state index is -0.108. The molecule has 2 rings (SSSR count). The number of aryl methyl sites for hydroxylation is 1. The summed E-state index contributed by atoms with van der Waals surface area (Å²) in [5.41, 5.74) is 2.60. The molecule has 124 valence electrons. The number of carbonyl (C=O) groups excluding carboxylic acids is 1. The molecule has 0 atom stereocenters.